The van der Waals surface area contributed by atoms with Gasteiger partial charge in [-0.25, -0.2) is 0 Å². The molecule has 0 unspecified atom stereocenters. The van der Waals surface area contributed by atoms with Crippen LogP contribution in [-0.4, -0.2) is 27.8 Å². The highest BCUT2D eigenvalue weighted by molar-refractivity contribution is 7.09. The van der Waals surface area contributed by atoms with Crippen molar-refractivity contribution in [3.63, 3.8) is 0 Å². The molecule has 0 radical (unpaired) electrons. The van der Waals surface area contributed by atoms with Crippen LogP contribution >= 0.6 is 11.3 Å². The fraction of sp³-hybridized carbons (Fsp3) is 0.368. The van der Waals surface area contributed by atoms with Gasteiger partial charge >= 0.3 is 0 Å². The second kappa shape index (κ2) is 6.40. The number of hydrogen-bond donors (Lipinski definition) is 1. The summed E-state index contributed by atoms with van der Waals surface area (Å²) >= 11 is 1.58. The number of aryl methyl sites for hydroxylation is 3. The molecule has 0 saturated heterocycles. The number of aromatic nitrogens is 2. The predicted octanol–water partition coefficient (Wildman–Crippen LogP) is 4.31. The van der Waals surface area contributed by atoms with Crippen molar-refractivity contribution in [3.8, 4) is 0 Å². The SMILES string of the molecule is Cc1[nH]c2c(C)ccc(C)c2c1CC(=O)N(C)[C@@H](C)c1cncs1. The summed E-state index contributed by atoms with van der Waals surface area (Å²) in [7, 11) is 1.87. The highest BCUT2D eigenvalue weighted by Gasteiger charge is 2.22. The van der Waals surface area contributed by atoms with E-state index in [0.29, 0.717) is 6.42 Å². The molecule has 0 fully saturated rings. The van der Waals surface area contributed by atoms with Crippen molar-refractivity contribution < 1.29 is 4.79 Å². The molecule has 4 nitrogen and oxygen atoms in total. The molecule has 3 aromatic rings. The molecule has 0 aliphatic rings. The first-order valence-electron chi connectivity index (χ1n) is 8.11. The molecular formula is C19H23N3OS. The fourth-order valence-corrected chi connectivity index (χ4v) is 3.87. The summed E-state index contributed by atoms with van der Waals surface area (Å²) in [6.45, 7) is 8.30. The maximum absolute atomic E-state index is 12.8. The molecule has 0 bridgehead atoms. The van der Waals surface area contributed by atoms with Gasteiger partial charge in [-0.2, -0.15) is 0 Å². The van der Waals surface area contributed by atoms with Gasteiger partial charge in [-0.05, 0) is 44.4 Å². The van der Waals surface area contributed by atoms with E-state index in [1.54, 1.807) is 16.8 Å². The molecule has 0 aliphatic carbocycles. The number of nitrogens with one attached hydrogen (secondary N) is 1. The lowest BCUT2D eigenvalue weighted by Crippen LogP contribution is -2.30. The van der Waals surface area contributed by atoms with Crippen LogP contribution in [0, 0.1) is 20.8 Å². The van der Waals surface area contributed by atoms with E-state index in [9.17, 15) is 4.79 Å². The third-order valence-electron chi connectivity index (χ3n) is 4.85. The summed E-state index contributed by atoms with van der Waals surface area (Å²) in [6.07, 6.45) is 2.25. The first kappa shape index (κ1) is 16.7. The number of carbonyl (C=O) groups is 1. The van der Waals surface area contributed by atoms with Crippen molar-refractivity contribution in [3.05, 3.63) is 51.1 Å². The number of hydrogen-bond acceptors (Lipinski definition) is 3. The summed E-state index contributed by atoms with van der Waals surface area (Å²) in [4.78, 5) is 23.3. The first-order chi connectivity index (χ1) is 11.4. The third-order valence-corrected chi connectivity index (χ3v) is 5.80. The molecule has 24 heavy (non-hydrogen) atoms. The van der Waals surface area contributed by atoms with E-state index < -0.39 is 0 Å². The topological polar surface area (TPSA) is 49.0 Å². The van der Waals surface area contributed by atoms with Crippen LogP contribution in [-0.2, 0) is 11.2 Å². The predicted molar refractivity (Wildman–Crippen MR) is 99.5 cm³/mol. The zero-order valence-corrected chi connectivity index (χ0v) is 15.6. The number of rotatable bonds is 4. The van der Waals surface area contributed by atoms with Crippen LogP contribution in [0.2, 0.25) is 0 Å². The first-order valence-corrected chi connectivity index (χ1v) is 8.99. The Morgan fingerprint density at radius 3 is 2.67 bits per heavy atom. The van der Waals surface area contributed by atoms with E-state index in [2.05, 4.69) is 35.9 Å². The van der Waals surface area contributed by atoms with Gasteiger partial charge in [-0.3, -0.25) is 9.78 Å². The van der Waals surface area contributed by atoms with Crippen molar-refractivity contribution in [1.29, 1.82) is 0 Å². The molecular weight excluding hydrogens is 318 g/mol. The second-order valence-corrected chi connectivity index (χ2v) is 7.36. The second-order valence-electron chi connectivity index (χ2n) is 6.44. The Hall–Kier alpha value is -2.14. The zero-order chi connectivity index (χ0) is 17.4. The number of fused-ring (bicyclic) bond motifs is 1. The van der Waals surface area contributed by atoms with Gasteiger partial charge in [0, 0.05) is 34.7 Å². The van der Waals surface area contributed by atoms with E-state index in [0.717, 1.165) is 21.7 Å². The highest BCUT2D eigenvalue weighted by atomic mass is 32.1. The van der Waals surface area contributed by atoms with Crippen LogP contribution in [0.25, 0.3) is 10.9 Å². The molecule has 1 atom stereocenters. The minimum absolute atomic E-state index is 0.0401. The lowest BCUT2D eigenvalue weighted by molar-refractivity contribution is -0.131. The number of likely N-dealkylation sites (N-methyl/N-ethyl adjacent to an activating group) is 1. The molecule has 1 N–H and O–H groups in total. The molecule has 0 aliphatic heterocycles. The number of thiazole rings is 1. The number of benzene rings is 1. The molecule has 5 heteroatoms. The molecule has 2 heterocycles. The summed E-state index contributed by atoms with van der Waals surface area (Å²) < 4.78 is 0. The molecule has 0 spiro atoms. The van der Waals surface area contributed by atoms with Crippen LogP contribution in [0.1, 0.15) is 40.2 Å². The van der Waals surface area contributed by atoms with Gasteiger partial charge in [0.25, 0.3) is 0 Å². The minimum atomic E-state index is 0.0401. The quantitative estimate of drug-likeness (QED) is 0.768. The lowest BCUT2D eigenvalue weighted by Gasteiger charge is -2.24. The van der Waals surface area contributed by atoms with Gasteiger partial charge in [0.2, 0.25) is 5.91 Å². The number of amides is 1. The van der Waals surface area contributed by atoms with Crippen molar-refractivity contribution in [2.45, 2.75) is 40.2 Å². The van der Waals surface area contributed by atoms with E-state index in [4.69, 9.17) is 0 Å². The largest absolute Gasteiger partial charge is 0.358 e. The zero-order valence-electron chi connectivity index (χ0n) is 14.8. The van der Waals surface area contributed by atoms with Gasteiger partial charge < -0.3 is 9.88 Å². The highest BCUT2D eigenvalue weighted by Crippen LogP contribution is 2.29. The van der Waals surface area contributed by atoms with Crippen molar-refractivity contribution >= 4 is 28.1 Å². The molecule has 1 amide bonds. The average Bonchev–Trinajstić information content (AvgIpc) is 3.19. The maximum Gasteiger partial charge on any atom is 0.227 e. The standard InChI is InChI=1S/C19H23N3OS/c1-11-6-7-12(2)19-18(11)15(13(3)21-19)8-17(23)22(5)14(4)16-9-20-10-24-16/h6-7,9-10,14,21H,8H2,1-5H3/t14-/m0/s1. The van der Waals surface area contributed by atoms with Gasteiger partial charge in [0.1, 0.15) is 0 Å². The molecule has 2 aromatic heterocycles. The number of carbonyl (C=O) groups excluding carboxylic acids is 1. The number of aromatic amines is 1. The van der Waals surface area contributed by atoms with Gasteiger partial charge in [0.05, 0.1) is 18.0 Å². The third kappa shape index (κ3) is 2.84. The van der Waals surface area contributed by atoms with Crippen molar-refractivity contribution in [1.82, 2.24) is 14.9 Å². The van der Waals surface area contributed by atoms with E-state index in [1.807, 2.05) is 32.0 Å². The van der Waals surface area contributed by atoms with Crippen molar-refractivity contribution in [2.75, 3.05) is 7.05 Å². The van der Waals surface area contributed by atoms with Crippen LogP contribution in [0.5, 0.6) is 0 Å². The Bertz CT molecular complexity index is 880. The summed E-state index contributed by atoms with van der Waals surface area (Å²) in [6, 6.07) is 4.29. The maximum atomic E-state index is 12.8. The Kier molecular flexibility index (Phi) is 4.45. The smallest absolute Gasteiger partial charge is 0.227 e. The summed E-state index contributed by atoms with van der Waals surface area (Å²) in [5, 5.41) is 1.19. The average molecular weight is 341 g/mol. The van der Waals surface area contributed by atoms with Gasteiger partial charge in [-0.1, -0.05) is 12.1 Å². The lowest BCUT2D eigenvalue weighted by atomic mass is 10.0. The number of nitrogens with zero attached hydrogens (tertiary/aromatic N) is 2. The Morgan fingerprint density at radius 2 is 2.00 bits per heavy atom. The summed E-state index contributed by atoms with van der Waals surface area (Å²) in [5.74, 6) is 0.126. The number of H-pyrrole nitrogens is 1. The monoisotopic (exact) mass is 341 g/mol. The molecule has 126 valence electrons. The Morgan fingerprint density at radius 1 is 1.29 bits per heavy atom. The van der Waals surface area contributed by atoms with Crippen molar-refractivity contribution in [2.24, 2.45) is 0 Å². The van der Waals surface area contributed by atoms with Gasteiger partial charge in [-0.15, -0.1) is 11.3 Å². The van der Waals surface area contributed by atoms with Crippen LogP contribution in [0.4, 0.5) is 0 Å². The van der Waals surface area contributed by atoms with E-state index in [-0.39, 0.29) is 11.9 Å². The fourth-order valence-electron chi connectivity index (χ4n) is 3.15. The van der Waals surface area contributed by atoms with Gasteiger partial charge in [0.15, 0.2) is 0 Å². The molecule has 3 rings (SSSR count). The molecule has 0 saturated carbocycles. The van der Waals surface area contributed by atoms with Crippen LogP contribution in [0.15, 0.2) is 23.8 Å². The van der Waals surface area contributed by atoms with Crippen LogP contribution < -0.4 is 0 Å². The Labute approximate surface area is 146 Å². The van der Waals surface area contributed by atoms with E-state index in [1.165, 1.54) is 16.5 Å². The summed E-state index contributed by atoms with van der Waals surface area (Å²) in [5.41, 5.74) is 7.56. The normalized spacial score (nSPS) is 12.5. The Balaban J connectivity index is 1.91. The molecule has 1 aromatic carbocycles. The minimum Gasteiger partial charge on any atom is -0.358 e. The van der Waals surface area contributed by atoms with E-state index >= 15 is 0 Å². The van der Waals surface area contributed by atoms with Crippen LogP contribution in [0.3, 0.4) is 0 Å².